The molecule has 2 aromatic carbocycles. The second-order valence-corrected chi connectivity index (χ2v) is 10.4. The molecule has 39 heavy (non-hydrogen) atoms. The molecule has 1 unspecified atom stereocenters. The summed E-state index contributed by atoms with van der Waals surface area (Å²) in [5.74, 6) is -0.241. The molecule has 1 saturated heterocycles. The first kappa shape index (κ1) is 28.7. The highest BCUT2D eigenvalue weighted by Crippen LogP contribution is 2.38. The minimum absolute atomic E-state index is 0.0898. The van der Waals surface area contributed by atoms with Crippen LogP contribution >= 0.6 is 23.2 Å². The molecule has 1 fully saturated rings. The maximum absolute atomic E-state index is 12.6. The summed E-state index contributed by atoms with van der Waals surface area (Å²) in [5.41, 5.74) is 5.50. The number of fused-ring (bicyclic) bond motifs is 1. The van der Waals surface area contributed by atoms with Crippen LogP contribution < -0.4 is 10.6 Å². The van der Waals surface area contributed by atoms with E-state index in [1.54, 1.807) is 18.3 Å². The summed E-state index contributed by atoms with van der Waals surface area (Å²) in [4.78, 5) is 19.6. The molecule has 1 aromatic heterocycles. The van der Waals surface area contributed by atoms with E-state index in [1.165, 1.54) is 13.3 Å². The lowest BCUT2D eigenvalue weighted by Gasteiger charge is -2.35. The number of ketones is 1. The first-order chi connectivity index (χ1) is 18.7. The van der Waals surface area contributed by atoms with Crippen LogP contribution in [0.5, 0.6) is 5.75 Å². The maximum Gasteiger partial charge on any atom is 0.163 e. The van der Waals surface area contributed by atoms with Gasteiger partial charge in [-0.15, -0.1) is 0 Å². The van der Waals surface area contributed by atoms with Crippen LogP contribution in [0.25, 0.3) is 22.0 Å². The summed E-state index contributed by atoms with van der Waals surface area (Å²) in [7, 11) is 2.02. The van der Waals surface area contributed by atoms with E-state index in [0.29, 0.717) is 17.3 Å². The number of carbonyl (C=O) groups excluding carboxylic acids is 1. The van der Waals surface area contributed by atoms with Crippen LogP contribution in [0.4, 0.5) is 5.69 Å². The fraction of sp³-hybridized carbons (Fsp3) is 0.290. The summed E-state index contributed by atoms with van der Waals surface area (Å²) < 4.78 is 0. The Morgan fingerprint density at radius 3 is 2.49 bits per heavy atom. The van der Waals surface area contributed by atoms with Crippen LogP contribution in [0.1, 0.15) is 44.0 Å². The van der Waals surface area contributed by atoms with Crippen LogP contribution in [0.15, 0.2) is 72.2 Å². The van der Waals surface area contributed by atoms with Gasteiger partial charge in [-0.2, -0.15) is 0 Å². The Balaban J connectivity index is 1.71. The number of benzene rings is 2. The normalized spacial score (nSPS) is 16.8. The number of allylic oxidation sites excluding steroid dienone is 4. The van der Waals surface area contributed by atoms with Gasteiger partial charge in [0.05, 0.1) is 26.8 Å². The number of likely N-dealkylation sites (N-methyl/N-ethyl adjacent to an activating group) is 1. The third kappa shape index (κ3) is 6.47. The van der Waals surface area contributed by atoms with E-state index >= 15 is 0 Å². The Labute approximate surface area is 240 Å². The van der Waals surface area contributed by atoms with Crippen molar-refractivity contribution in [1.82, 2.24) is 15.2 Å². The monoisotopic (exact) mass is 564 g/mol. The fourth-order valence-corrected chi connectivity index (χ4v) is 5.35. The van der Waals surface area contributed by atoms with Gasteiger partial charge < -0.3 is 20.6 Å². The van der Waals surface area contributed by atoms with Gasteiger partial charge in [-0.25, -0.2) is 0 Å². The summed E-state index contributed by atoms with van der Waals surface area (Å²) in [6.07, 6.45) is 12.2. The van der Waals surface area contributed by atoms with Crippen LogP contribution in [0.3, 0.4) is 0 Å². The minimum Gasteiger partial charge on any atom is -0.505 e. The van der Waals surface area contributed by atoms with Crippen LogP contribution in [0.2, 0.25) is 10.0 Å². The highest BCUT2D eigenvalue weighted by atomic mass is 35.5. The van der Waals surface area contributed by atoms with Gasteiger partial charge in [-0.1, -0.05) is 41.4 Å². The van der Waals surface area contributed by atoms with Crippen molar-refractivity contribution < 1.29 is 9.90 Å². The SMILES string of the molecule is CC=C(/C=C\C(=C/C)Nc1c(C(C)=O)cnc2ccc(-c3cc(Cl)c(O)c(Cl)c3)cc12)N1CCCC(NC)C1. The largest absolute Gasteiger partial charge is 0.505 e. The molecule has 4 rings (SSSR count). The first-order valence-corrected chi connectivity index (χ1v) is 13.8. The van der Waals surface area contributed by atoms with Gasteiger partial charge in [0.2, 0.25) is 0 Å². The lowest BCUT2D eigenvalue weighted by Crippen LogP contribution is -2.43. The number of hydrogen-bond donors (Lipinski definition) is 3. The zero-order valence-electron chi connectivity index (χ0n) is 22.7. The zero-order chi connectivity index (χ0) is 28.1. The van der Waals surface area contributed by atoms with Gasteiger partial charge in [0.1, 0.15) is 0 Å². The Hall–Kier alpha value is -3.32. The first-order valence-electron chi connectivity index (χ1n) is 13.1. The van der Waals surface area contributed by atoms with Crippen molar-refractivity contribution in [2.24, 2.45) is 0 Å². The van der Waals surface area contributed by atoms with Crippen molar-refractivity contribution in [3.63, 3.8) is 0 Å². The minimum atomic E-state index is -0.151. The van der Waals surface area contributed by atoms with Crippen LogP contribution in [0, 0.1) is 0 Å². The Morgan fingerprint density at radius 2 is 1.85 bits per heavy atom. The van der Waals surface area contributed by atoms with Crippen LogP contribution in [-0.4, -0.2) is 47.0 Å². The Morgan fingerprint density at radius 1 is 1.10 bits per heavy atom. The summed E-state index contributed by atoms with van der Waals surface area (Å²) in [6, 6.07) is 9.57. The number of carbonyl (C=O) groups is 1. The zero-order valence-corrected chi connectivity index (χ0v) is 24.2. The van der Waals surface area contributed by atoms with Gasteiger partial charge in [-0.3, -0.25) is 9.78 Å². The number of pyridine rings is 1. The van der Waals surface area contributed by atoms with Gasteiger partial charge in [0.25, 0.3) is 0 Å². The van der Waals surface area contributed by atoms with Crippen molar-refractivity contribution in [2.75, 3.05) is 25.5 Å². The number of nitrogens with one attached hydrogen (secondary N) is 2. The number of aromatic hydroxyl groups is 1. The highest BCUT2D eigenvalue weighted by molar-refractivity contribution is 6.37. The van der Waals surface area contributed by atoms with Crippen molar-refractivity contribution in [3.8, 4) is 16.9 Å². The summed E-state index contributed by atoms with van der Waals surface area (Å²) >= 11 is 12.4. The molecule has 0 radical (unpaired) electrons. The Kier molecular flexibility index (Phi) is 9.33. The van der Waals surface area contributed by atoms with E-state index in [9.17, 15) is 9.90 Å². The fourth-order valence-electron chi connectivity index (χ4n) is 4.87. The van der Waals surface area contributed by atoms with Gasteiger partial charge in [0, 0.05) is 42.1 Å². The van der Waals surface area contributed by atoms with E-state index in [4.69, 9.17) is 23.2 Å². The van der Waals surface area contributed by atoms with Crippen molar-refractivity contribution in [2.45, 2.75) is 39.7 Å². The molecule has 1 aliphatic heterocycles. The molecule has 0 bridgehead atoms. The summed E-state index contributed by atoms with van der Waals surface area (Å²) in [5, 5.41) is 18.0. The second-order valence-electron chi connectivity index (χ2n) is 9.61. The number of phenols is 1. The van der Waals surface area contributed by atoms with Gasteiger partial charge in [-0.05, 0) is 88.2 Å². The molecular formula is C31H34Cl2N4O2. The highest BCUT2D eigenvalue weighted by Gasteiger charge is 2.19. The number of anilines is 1. The number of nitrogens with zero attached hydrogens (tertiary/aromatic N) is 2. The van der Waals surface area contributed by atoms with Crippen molar-refractivity contribution in [3.05, 3.63) is 87.8 Å². The molecule has 0 aliphatic carbocycles. The number of hydrogen-bond acceptors (Lipinski definition) is 6. The van der Waals surface area contributed by atoms with Gasteiger partial charge in [0.15, 0.2) is 11.5 Å². The van der Waals surface area contributed by atoms with E-state index in [2.05, 4.69) is 39.6 Å². The van der Waals surface area contributed by atoms with Crippen molar-refractivity contribution >= 4 is 45.6 Å². The third-order valence-corrected chi connectivity index (χ3v) is 7.68. The lowest BCUT2D eigenvalue weighted by molar-refractivity contribution is 0.101. The number of piperidine rings is 1. The van der Waals surface area contributed by atoms with Gasteiger partial charge >= 0.3 is 0 Å². The van der Waals surface area contributed by atoms with E-state index in [0.717, 1.165) is 52.9 Å². The molecular weight excluding hydrogens is 531 g/mol. The molecule has 3 aromatic rings. The quantitative estimate of drug-likeness (QED) is 0.193. The lowest BCUT2D eigenvalue weighted by atomic mass is 10.00. The molecule has 0 spiro atoms. The molecule has 3 N–H and O–H groups in total. The molecule has 2 heterocycles. The number of aromatic nitrogens is 1. The van der Waals surface area contributed by atoms with Crippen molar-refractivity contribution in [1.29, 1.82) is 0 Å². The molecule has 204 valence electrons. The molecule has 1 aliphatic rings. The van der Waals surface area contributed by atoms with E-state index in [-0.39, 0.29) is 21.6 Å². The topological polar surface area (TPSA) is 77.5 Å². The third-order valence-electron chi connectivity index (χ3n) is 7.10. The number of rotatable bonds is 8. The van der Waals surface area contributed by atoms with E-state index < -0.39 is 0 Å². The smallest absolute Gasteiger partial charge is 0.163 e. The predicted molar refractivity (Wildman–Crippen MR) is 163 cm³/mol. The predicted octanol–water partition coefficient (Wildman–Crippen LogP) is 7.58. The van der Waals surface area contributed by atoms with Crippen LogP contribution in [-0.2, 0) is 0 Å². The summed E-state index contributed by atoms with van der Waals surface area (Å²) in [6.45, 7) is 7.55. The number of halogens is 2. The average molecular weight is 566 g/mol. The maximum atomic E-state index is 12.6. The standard InChI is InChI=1S/C31H34Cl2N4O2/c1-5-22(10-11-24(6-2)37-13-7-8-23(18-37)34-4)36-30-25-14-20(21-15-27(32)31(39)28(33)16-21)9-12-29(25)35-17-26(30)19(3)38/h5-6,9-12,14-17,23,34,39H,7-8,13,18H2,1-4H3,(H,35,36)/b11-10-,22-5+,24-6?. The Bertz CT molecular complexity index is 1460. The molecule has 1 atom stereocenters. The number of likely N-dealkylation sites (tertiary alicyclic amines) is 1. The molecule has 0 amide bonds. The number of phenolic OH excluding ortho intramolecular Hbond substituents is 1. The second kappa shape index (κ2) is 12.7. The molecule has 0 saturated carbocycles. The molecule has 8 heteroatoms. The number of Topliss-reactive ketones (excluding diaryl/α,β-unsaturated/α-hetero) is 1. The average Bonchev–Trinajstić information content (AvgIpc) is 2.94. The van der Waals surface area contributed by atoms with E-state index in [1.807, 2.05) is 44.3 Å². The molecule has 6 nitrogen and oxygen atoms in total.